The van der Waals surface area contributed by atoms with Crippen molar-refractivity contribution >= 4 is 23.2 Å². The number of nitrogens with zero attached hydrogens (tertiary/aromatic N) is 2. The number of amides is 1. The Kier molecular flexibility index (Phi) is 4.37. The predicted octanol–water partition coefficient (Wildman–Crippen LogP) is 2.15. The molecule has 4 nitrogen and oxygen atoms in total. The van der Waals surface area contributed by atoms with Crippen molar-refractivity contribution in [3.05, 3.63) is 29.3 Å². The summed E-state index contributed by atoms with van der Waals surface area (Å²) in [5.74, 6) is 0.0462. The number of para-hydroxylation sites is 1. The largest absolute Gasteiger partial charge is 0.389 e. The van der Waals surface area contributed by atoms with Crippen LogP contribution in [0.2, 0.25) is 5.02 Å². The fraction of sp³-hybridized carbons (Fsp3) is 0.533. The third-order valence-corrected chi connectivity index (χ3v) is 3.81. The van der Waals surface area contributed by atoms with Crippen molar-refractivity contribution < 1.29 is 9.90 Å². The van der Waals surface area contributed by atoms with Gasteiger partial charge in [0.05, 0.1) is 22.4 Å². The predicted molar refractivity (Wildman–Crippen MR) is 81.1 cm³/mol. The van der Waals surface area contributed by atoms with E-state index in [0.29, 0.717) is 18.1 Å². The van der Waals surface area contributed by atoms with Crippen LogP contribution in [0.25, 0.3) is 0 Å². The zero-order valence-corrected chi connectivity index (χ0v) is 12.9. The molecule has 2 rings (SSSR count). The van der Waals surface area contributed by atoms with Crippen molar-refractivity contribution in [3.63, 3.8) is 0 Å². The number of benzene rings is 1. The van der Waals surface area contributed by atoms with Gasteiger partial charge in [-0.15, -0.1) is 0 Å². The Hall–Kier alpha value is -1.10. The van der Waals surface area contributed by atoms with E-state index in [4.69, 9.17) is 11.6 Å². The molecule has 1 aliphatic heterocycles. The molecular formula is C15H21ClN2O2. The quantitative estimate of drug-likeness (QED) is 0.926. The highest BCUT2D eigenvalue weighted by atomic mass is 35.5. The third kappa shape index (κ3) is 3.32. The van der Waals surface area contributed by atoms with Crippen LogP contribution in [0.15, 0.2) is 24.3 Å². The van der Waals surface area contributed by atoms with Gasteiger partial charge in [0.15, 0.2) is 0 Å². The Morgan fingerprint density at radius 2 is 2.10 bits per heavy atom. The highest BCUT2D eigenvalue weighted by Crippen LogP contribution is 2.30. The Morgan fingerprint density at radius 3 is 2.70 bits per heavy atom. The van der Waals surface area contributed by atoms with Gasteiger partial charge in [-0.25, -0.2) is 0 Å². The molecule has 0 radical (unpaired) electrons. The highest BCUT2D eigenvalue weighted by molar-refractivity contribution is 6.33. The normalized spacial score (nSPS) is 20.0. The maximum Gasteiger partial charge on any atom is 0.244 e. The minimum atomic E-state index is -0.813. The van der Waals surface area contributed by atoms with E-state index in [1.54, 1.807) is 24.8 Å². The number of carbonyl (C=O) groups is 1. The van der Waals surface area contributed by atoms with Crippen LogP contribution in [-0.2, 0) is 4.79 Å². The van der Waals surface area contributed by atoms with Gasteiger partial charge in [0, 0.05) is 13.1 Å². The van der Waals surface area contributed by atoms with Crippen LogP contribution >= 0.6 is 11.6 Å². The first-order chi connectivity index (χ1) is 9.29. The van der Waals surface area contributed by atoms with Crippen LogP contribution in [0.4, 0.5) is 5.69 Å². The third-order valence-electron chi connectivity index (χ3n) is 3.49. The Morgan fingerprint density at radius 1 is 1.45 bits per heavy atom. The summed E-state index contributed by atoms with van der Waals surface area (Å²) in [5, 5.41) is 10.5. The van der Waals surface area contributed by atoms with Crippen molar-refractivity contribution in [2.75, 3.05) is 25.0 Å². The van der Waals surface area contributed by atoms with E-state index in [2.05, 4.69) is 0 Å². The molecule has 20 heavy (non-hydrogen) atoms. The van der Waals surface area contributed by atoms with Crippen LogP contribution in [0.1, 0.15) is 20.3 Å². The summed E-state index contributed by atoms with van der Waals surface area (Å²) < 4.78 is 0. The van der Waals surface area contributed by atoms with Gasteiger partial charge in [-0.2, -0.15) is 0 Å². The number of rotatable bonds is 4. The smallest absolute Gasteiger partial charge is 0.244 e. The van der Waals surface area contributed by atoms with Crippen molar-refractivity contribution in [2.24, 2.45) is 0 Å². The maximum atomic E-state index is 12.5. The van der Waals surface area contributed by atoms with Crippen LogP contribution in [0, 0.1) is 0 Å². The van der Waals surface area contributed by atoms with Gasteiger partial charge in [-0.1, -0.05) is 23.7 Å². The average molecular weight is 297 g/mol. The fourth-order valence-electron chi connectivity index (χ4n) is 2.70. The molecule has 0 aromatic heterocycles. The second-order valence-corrected chi connectivity index (χ2v) is 6.38. The number of anilines is 1. The molecule has 5 heteroatoms. The monoisotopic (exact) mass is 296 g/mol. The number of hydrogen-bond donors (Lipinski definition) is 1. The molecule has 0 bridgehead atoms. The van der Waals surface area contributed by atoms with Crippen LogP contribution in [-0.4, -0.2) is 47.7 Å². The summed E-state index contributed by atoms with van der Waals surface area (Å²) in [6.45, 7) is 4.60. The first kappa shape index (κ1) is 15.3. The summed E-state index contributed by atoms with van der Waals surface area (Å²) in [6.07, 6.45) is 0.747. The van der Waals surface area contributed by atoms with E-state index in [0.717, 1.165) is 12.1 Å². The molecule has 0 saturated carbocycles. The van der Waals surface area contributed by atoms with Crippen LogP contribution in [0.3, 0.4) is 0 Å². The Labute approximate surface area is 124 Å². The molecule has 1 unspecified atom stereocenters. The van der Waals surface area contributed by atoms with E-state index >= 15 is 0 Å². The molecule has 1 saturated heterocycles. The summed E-state index contributed by atoms with van der Waals surface area (Å²) in [4.78, 5) is 16.2. The summed E-state index contributed by atoms with van der Waals surface area (Å²) in [6, 6.07) is 7.18. The van der Waals surface area contributed by atoms with Gasteiger partial charge < -0.3 is 10.0 Å². The summed E-state index contributed by atoms with van der Waals surface area (Å²) >= 11 is 6.16. The van der Waals surface area contributed by atoms with E-state index < -0.39 is 5.60 Å². The highest BCUT2D eigenvalue weighted by Gasteiger charge is 2.37. The lowest BCUT2D eigenvalue weighted by molar-refractivity contribution is -0.122. The molecule has 1 atom stereocenters. The Balaban J connectivity index is 2.12. The topological polar surface area (TPSA) is 43.8 Å². The molecule has 1 fully saturated rings. The molecule has 1 amide bonds. The van der Waals surface area contributed by atoms with Crippen molar-refractivity contribution in [2.45, 2.75) is 31.9 Å². The van der Waals surface area contributed by atoms with E-state index in [1.165, 1.54) is 0 Å². The van der Waals surface area contributed by atoms with E-state index in [-0.39, 0.29) is 11.9 Å². The Bertz CT molecular complexity index is 499. The molecule has 110 valence electrons. The average Bonchev–Trinajstić information content (AvgIpc) is 2.69. The molecule has 1 aliphatic rings. The van der Waals surface area contributed by atoms with Gasteiger partial charge in [-0.3, -0.25) is 9.69 Å². The van der Waals surface area contributed by atoms with Gasteiger partial charge in [0.1, 0.15) is 0 Å². The standard InChI is InChI=1S/C15H21ClN2O2/c1-15(2,20)10-17(3)13-8-9-18(14(13)19)12-7-5-4-6-11(12)16/h4-7,13,20H,8-10H2,1-3H3. The fourth-order valence-corrected chi connectivity index (χ4v) is 2.94. The molecule has 1 aromatic carbocycles. The first-order valence-corrected chi connectivity index (χ1v) is 7.16. The zero-order valence-electron chi connectivity index (χ0n) is 12.1. The zero-order chi connectivity index (χ0) is 14.9. The van der Waals surface area contributed by atoms with E-state index in [1.807, 2.05) is 30.1 Å². The van der Waals surface area contributed by atoms with Crippen LogP contribution in [0.5, 0.6) is 0 Å². The summed E-state index contributed by atoms with van der Waals surface area (Å²) in [7, 11) is 1.87. The number of carbonyl (C=O) groups excluding carboxylic acids is 1. The van der Waals surface area contributed by atoms with E-state index in [9.17, 15) is 9.90 Å². The number of hydrogen-bond acceptors (Lipinski definition) is 3. The van der Waals surface area contributed by atoms with Crippen LogP contribution < -0.4 is 4.90 Å². The van der Waals surface area contributed by atoms with Crippen molar-refractivity contribution in [1.82, 2.24) is 4.90 Å². The lowest BCUT2D eigenvalue weighted by atomic mass is 10.1. The minimum absolute atomic E-state index is 0.0462. The number of aliphatic hydroxyl groups is 1. The first-order valence-electron chi connectivity index (χ1n) is 6.78. The number of halogens is 1. The number of likely N-dealkylation sites (N-methyl/N-ethyl adjacent to an activating group) is 1. The molecule has 1 heterocycles. The SMILES string of the molecule is CN(CC(C)(C)O)C1CCN(c2ccccc2Cl)C1=O. The van der Waals surface area contributed by atoms with Gasteiger partial charge in [-0.05, 0) is 39.4 Å². The van der Waals surface area contributed by atoms with Gasteiger partial charge in [0.25, 0.3) is 0 Å². The molecule has 1 N–H and O–H groups in total. The van der Waals surface area contributed by atoms with Crippen molar-refractivity contribution in [1.29, 1.82) is 0 Å². The molecular weight excluding hydrogens is 276 g/mol. The lowest BCUT2D eigenvalue weighted by Gasteiger charge is -2.29. The second-order valence-electron chi connectivity index (χ2n) is 5.97. The minimum Gasteiger partial charge on any atom is -0.389 e. The second kappa shape index (κ2) is 5.72. The summed E-state index contributed by atoms with van der Waals surface area (Å²) in [5.41, 5.74) is -0.0503. The molecule has 0 aliphatic carbocycles. The maximum absolute atomic E-state index is 12.5. The van der Waals surface area contributed by atoms with Gasteiger partial charge >= 0.3 is 0 Å². The molecule has 1 aromatic rings. The molecule has 0 spiro atoms. The van der Waals surface area contributed by atoms with Gasteiger partial charge in [0.2, 0.25) is 5.91 Å². The van der Waals surface area contributed by atoms with Crippen molar-refractivity contribution in [3.8, 4) is 0 Å². The lowest BCUT2D eigenvalue weighted by Crippen LogP contribution is -2.45.